The van der Waals surface area contributed by atoms with Gasteiger partial charge in [0.05, 0.1) is 6.10 Å². The van der Waals surface area contributed by atoms with E-state index in [1.165, 1.54) is 0 Å². The first-order valence-electron chi connectivity index (χ1n) is 8.62. The summed E-state index contributed by atoms with van der Waals surface area (Å²) in [5.41, 5.74) is 5.50. The molecule has 1 heterocycles. The molecule has 0 spiro atoms. The van der Waals surface area contributed by atoms with E-state index in [9.17, 15) is 4.79 Å². The summed E-state index contributed by atoms with van der Waals surface area (Å²) < 4.78 is 12.0. The zero-order chi connectivity index (χ0) is 18.1. The molecule has 0 bridgehead atoms. The molecule has 1 aliphatic rings. The lowest BCUT2D eigenvalue weighted by Gasteiger charge is -2.45. The maximum Gasteiger partial charge on any atom is 0.410 e. The third-order valence-corrected chi connectivity index (χ3v) is 9.38. The summed E-state index contributed by atoms with van der Waals surface area (Å²) in [6, 6.07) is 0. The van der Waals surface area contributed by atoms with Gasteiger partial charge in [-0.15, -0.1) is 0 Å². The van der Waals surface area contributed by atoms with Gasteiger partial charge in [-0.25, -0.2) is 4.79 Å². The predicted octanol–water partition coefficient (Wildman–Crippen LogP) is 3.59. The van der Waals surface area contributed by atoms with E-state index in [1.54, 1.807) is 4.90 Å². The summed E-state index contributed by atoms with van der Waals surface area (Å²) in [6.07, 6.45) is 0.717. The number of nitrogens with zero attached hydrogens (tertiary/aromatic N) is 1. The quantitative estimate of drug-likeness (QED) is 0.795. The second-order valence-electron chi connectivity index (χ2n) is 9.13. The number of amides is 1. The number of nitrogens with two attached hydrogens (primary N) is 1. The summed E-state index contributed by atoms with van der Waals surface area (Å²) in [4.78, 5) is 14.0. The highest BCUT2D eigenvalue weighted by atomic mass is 28.4. The third kappa shape index (κ3) is 5.76. The average molecular weight is 345 g/mol. The number of hydrogen-bond acceptors (Lipinski definition) is 4. The van der Waals surface area contributed by atoms with Crippen molar-refractivity contribution >= 4 is 14.4 Å². The molecule has 1 fully saturated rings. The van der Waals surface area contributed by atoms with Gasteiger partial charge >= 0.3 is 6.09 Å². The van der Waals surface area contributed by atoms with E-state index in [1.807, 2.05) is 20.8 Å². The molecule has 0 aromatic rings. The van der Waals surface area contributed by atoms with E-state index in [4.69, 9.17) is 14.9 Å². The van der Waals surface area contributed by atoms with Gasteiger partial charge in [-0.2, -0.15) is 0 Å². The summed E-state index contributed by atoms with van der Waals surface area (Å²) >= 11 is 0. The van der Waals surface area contributed by atoms with Crippen molar-refractivity contribution in [2.75, 3.05) is 19.6 Å². The zero-order valence-corrected chi connectivity index (χ0v) is 17.2. The molecule has 23 heavy (non-hydrogen) atoms. The molecule has 0 aromatic carbocycles. The van der Waals surface area contributed by atoms with Gasteiger partial charge < -0.3 is 19.8 Å². The Labute approximate surface area is 143 Å². The first-order chi connectivity index (χ1) is 10.3. The topological polar surface area (TPSA) is 64.8 Å². The number of hydrogen-bond donors (Lipinski definition) is 1. The predicted molar refractivity (Wildman–Crippen MR) is 97.0 cm³/mol. The maximum atomic E-state index is 12.3. The number of carbonyl (C=O) groups excluding carboxylic acids is 1. The van der Waals surface area contributed by atoms with Crippen LogP contribution in [-0.2, 0) is 9.16 Å². The summed E-state index contributed by atoms with van der Waals surface area (Å²) in [7, 11) is -1.83. The fourth-order valence-corrected chi connectivity index (χ4v) is 3.86. The molecule has 2 N–H and O–H groups in total. The van der Waals surface area contributed by atoms with E-state index >= 15 is 0 Å². The first kappa shape index (κ1) is 20.5. The van der Waals surface area contributed by atoms with Gasteiger partial charge in [0.2, 0.25) is 0 Å². The van der Waals surface area contributed by atoms with Gasteiger partial charge in [0.25, 0.3) is 0 Å². The van der Waals surface area contributed by atoms with Gasteiger partial charge in [-0.3, -0.25) is 0 Å². The lowest BCUT2D eigenvalue weighted by atomic mass is 9.95. The molecule has 1 rings (SSSR count). The molecule has 0 saturated carbocycles. The Morgan fingerprint density at radius 1 is 1.22 bits per heavy atom. The fraction of sp³-hybridized carbons (Fsp3) is 0.941. The van der Waals surface area contributed by atoms with Crippen LogP contribution in [0.3, 0.4) is 0 Å². The van der Waals surface area contributed by atoms with Crippen LogP contribution in [0.25, 0.3) is 0 Å². The van der Waals surface area contributed by atoms with E-state index in [0.717, 1.165) is 6.42 Å². The largest absolute Gasteiger partial charge is 0.444 e. The molecule has 1 aliphatic heterocycles. The van der Waals surface area contributed by atoms with E-state index in [2.05, 4.69) is 33.9 Å². The van der Waals surface area contributed by atoms with Crippen molar-refractivity contribution in [1.29, 1.82) is 0 Å². The van der Waals surface area contributed by atoms with Crippen molar-refractivity contribution in [2.45, 2.75) is 77.8 Å². The number of rotatable bonds is 3. The molecule has 0 aliphatic carbocycles. The molecular weight excluding hydrogens is 308 g/mol. The molecule has 6 heteroatoms. The molecule has 136 valence electrons. The van der Waals surface area contributed by atoms with Crippen molar-refractivity contribution < 1.29 is 14.0 Å². The molecule has 1 amide bonds. The number of piperidine rings is 1. The van der Waals surface area contributed by atoms with Crippen LogP contribution in [0.15, 0.2) is 0 Å². The second-order valence-corrected chi connectivity index (χ2v) is 13.9. The first-order valence-corrected chi connectivity index (χ1v) is 11.5. The van der Waals surface area contributed by atoms with Crippen LogP contribution in [0, 0.1) is 5.92 Å². The average Bonchev–Trinajstić information content (AvgIpc) is 2.35. The van der Waals surface area contributed by atoms with Crippen LogP contribution in [-0.4, -0.2) is 50.6 Å². The second kappa shape index (κ2) is 7.11. The Bertz CT molecular complexity index is 413. The van der Waals surface area contributed by atoms with Crippen molar-refractivity contribution in [3.05, 3.63) is 0 Å². The zero-order valence-electron chi connectivity index (χ0n) is 16.2. The van der Waals surface area contributed by atoms with Crippen LogP contribution in [0.4, 0.5) is 4.79 Å². The Morgan fingerprint density at radius 3 is 2.22 bits per heavy atom. The summed E-state index contributed by atoms with van der Waals surface area (Å²) in [5, 5.41) is 0.175. The number of likely N-dealkylation sites (tertiary alicyclic amines) is 1. The van der Waals surface area contributed by atoms with Crippen LogP contribution in [0.5, 0.6) is 0 Å². The minimum atomic E-state index is -1.83. The minimum absolute atomic E-state index is 0.138. The Balaban J connectivity index is 2.71. The lowest BCUT2D eigenvalue weighted by Crippen LogP contribution is -2.54. The highest BCUT2D eigenvalue weighted by molar-refractivity contribution is 6.74. The molecule has 2 unspecified atom stereocenters. The van der Waals surface area contributed by atoms with Crippen LogP contribution < -0.4 is 5.73 Å². The van der Waals surface area contributed by atoms with Crippen molar-refractivity contribution in [2.24, 2.45) is 11.7 Å². The highest BCUT2D eigenvalue weighted by Gasteiger charge is 2.42. The molecular formula is C17H36N2O3Si. The Morgan fingerprint density at radius 2 is 1.78 bits per heavy atom. The van der Waals surface area contributed by atoms with Gasteiger partial charge in [-0.1, -0.05) is 20.8 Å². The van der Waals surface area contributed by atoms with Crippen LogP contribution in [0.1, 0.15) is 48.0 Å². The van der Waals surface area contributed by atoms with E-state index < -0.39 is 13.9 Å². The van der Waals surface area contributed by atoms with E-state index in [0.29, 0.717) is 19.6 Å². The van der Waals surface area contributed by atoms with Crippen LogP contribution >= 0.6 is 0 Å². The molecule has 5 nitrogen and oxygen atoms in total. The standard InChI is InChI=1S/C17H36N2O3Si/c1-16(2,3)21-15(20)19-10-9-14(13(11-18)12-19)22-23(7,8)17(4,5)6/h13-14H,9-12,18H2,1-8H3. The fourth-order valence-electron chi connectivity index (χ4n) is 2.44. The van der Waals surface area contributed by atoms with Crippen molar-refractivity contribution in [1.82, 2.24) is 4.90 Å². The normalized spacial score (nSPS) is 23.8. The lowest BCUT2D eigenvalue weighted by molar-refractivity contribution is -0.00360. The minimum Gasteiger partial charge on any atom is -0.444 e. The van der Waals surface area contributed by atoms with E-state index in [-0.39, 0.29) is 23.2 Å². The smallest absolute Gasteiger partial charge is 0.410 e. The Hall–Kier alpha value is -0.593. The highest BCUT2D eigenvalue weighted by Crippen LogP contribution is 2.39. The monoisotopic (exact) mass is 344 g/mol. The van der Waals surface area contributed by atoms with Crippen LogP contribution in [0.2, 0.25) is 18.1 Å². The summed E-state index contributed by atoms with van der Waals surface area (Å²) in [6.45, 7) is 18.7. The molecule has 1 saturated heterocycles. The SMILES string of the molecule is CC(C)(C)OC(=O)N1CCC(O[Si](C)(C)C(C)(C)C)C(CN)C1. The summed E-state index contributed by atoms with van der Waals surface area (Å²) in [5.74, 6) is 0.172. The molecule has 0 aromatic heterocycles. The molecule has 0 radical (unpaired) electrons. The number of ether oxygens (including phenoxy) is 1. The number of carbonyl (C=O) groups is 1. The van der Waals surface area contributed by atoms with Gasteiger partial charge in [0.15, 0.2) is 8.32 Å². The third-order valence-electron chi connectivity index (χ3n) is 4.87. The van der Waals surface area contributed by atoms with Gasteiger partial charge in [0, 0.05) is 19.0 Å². The van der Waals surface area contributed by atoms with Gasteiger partial charge in [0.1, 0.15) is 5.60 Å². The Kier molecular flexibility index (Phi) is 6.32. The van der Waals surface area contributed by atoms with Crippen molar-refractivity contribution in [3.63, 3.8) is 0 Å². The molecule has 2 atom stereocenters. The van der Waals surface area contributed by atoms with Gasteiger partial charge in [-0.05, 0) is 51.9 Å². The maximum absolute atomic E-state index is 12.3. The van der Waals surface area contributed by atoms with Crippen molar-refractivity contribution in [3.8, 4) is 0 Å².